The largest absolute Gasteiger partial charge is 0.348 e. The maximum atomic E-state index is 11.7. The lowest BCUT2D eigenvalue weighted by atomic mass is 10.2. The predicted octanol–water partition coefficient (Wildman–Crippen LogP) is 1.85. The van der Waals surface area contributed by atoms with Crippen molar-refractivity contribution < 1.29 is 4.79 Å². The summed E-state index contributed by atoms with van der Waals surface area (Å²) < 4.78 is 0. The van der Waals surface area contributed by atoms with E-state index < -0.39 is 0 Å². The van der Waals surface area contributed by atoms with Crippen LogP contribution < -0.4 is 5.32 Å². The van der Waals surface area contributed by atoms with E-state index in [0.29, 0.717) is 24.1 Å². The number of anilines is 1. The number of hydrogen-bond acceptors (Lipinski definition) is 3. The zero-order chi connectivity index (χ0) is 12.8. The van der Waals surface area contributed by atoms with Gasteiger partial charge in [0.1, 0.15) is 0 Å². The predicted molar refractivity (Wildman–Crippen MR) is 66.7 cm³/mol. The molecule has 0 aliphatic rings. The van der Waals surface area contributed by atoms with E-state index in [0.717, 1.165) is 5.69 Å². The molecule has 1 heterocycles. The van der Waals surface area contributed by atoms with Crippen LogP contribution in [0.4, 0.5) is 5.69 Å². The van der Waals surface area contributed by atoms with Gasteiger partial charge in [0.05, 0.1) is 18.0 Å². The molecule has 0 fully saturated rings. The van der Waals surface area contributed by atoms with Crippen molar-refractivity contribution in [1.82, 2.24) is 9.97 Å². The summed E-state index contributed by atoms with van der Waals surface area (Å²) in [5.74, 6) is -0.0836. The lowest BCUT2D eigenvalue weighted by molar-refractivity contribution is -0.116. The Morgan fingerprint density at radius 1 is 1.50 bits per heavy atom. The molecule has 1 amide bonds. The van der Waals surface area contributed by atoms with E-state index in [9.17, 15) is 4.79 Å². The first-order chi connectivity index (χ1) is 8.78. The normalized spacial score (nSPS) is 9.72. The van der Waals surface area contributed by atoms with Crippen molar-refractivity contribution in [2.24, 2.45) is 0 Å². The molecule has 0 saturated heterocycles. The molecular formula is C13H12N4O. The standard InChI is InChI=1S/C13H12N4O/c14-7-10-2-1-3-11(6-10)17-13(18)5-4-12-8-15-9-16-12/h1-3,6,8-9H,4-5H2,(H,15,16)(H,17,18). The molecule has 2 aromatic rings. The van der Waals surface area contributed by atoms with Gasteiger partial charge in [-0.25, -0.2) is 4.98 Å². The van der Waals surface area contributed by atoms with Gasteiger partial charge in [0.25, 0.3) is 0 Å². The van der Waals surface area contributed by atoms with Gasteiger partial charge in [-0.2, -0.15) is 5.26 Å². The molecule has 0 bridgehead atoms. The van der Waals surface area contributed by atoms with Crippen LogP contribution in [0.15, 0.2) is 36.8 Å². The molecule has 2 N–H and O–H groups in total. The van der Waals surface area contributed by atoms with Crippen molar-refractivity contribution in [1.29, 1.82) is 5.26 Å². The number of aryl methyl sites for hydroxylation is 1. The molecule has 1 aromatic heterocycles. The molecule has 90 valence electrons. The third-order valence-corrected chi connectivity index (χ3v) is 2.45. The van der Waals surface area contributed by atoms with Gasteiger partial charge in [0, 0.05) is 24.0 Å². The Morgan fingerprint density at radius 3 is 3.11 bits per heavy atom. The van der Waals surface area contributed by atoms with Gasteiger partial charge in [-0.3, -0.25) is 4.79 Å². The number of imidazole rings is 1. The van der Waals surface area contributed by atoms with Crippen LogP contribution in [0.5, 0.6) is 0 Å². The minimum Gasteiger partial charge on any atom is -0.348 e. The van der Waals surface area contributed by atoms with Crippen molar-refractivity contribution in [3.8, 4) is 6.07 Å². The topological polar surface area (TPSA) is 81.6 Å². The molecule has 1 aromatic carbocycles. The highest BCUT2D eigenvalue weighted by Crippen LogP contribution is 2.10. The van der Waals surface area contributed by atoms with Gasteiger partial charge in [-0.1, -0.05) is 6.07 Å². The number of benzene rings is 1. The van der Waals surface area contributed by atoms with Gasteiger partial charge in [-0.15, -0.1) is 0 Å². The first-order valence-electron chi connectivity index (χ1n) is 5.55. The highest BCUT2D eigenvalue weighted by molar-refractivity contribution is 5.90. The molecule has 0 saturated carbocycles. The maximum Gasteiger partial charge on any atom is 0.224 e. The molecule has 0 unspecified atom stereocenters. The van der Waals surface area contributed by atoms with Crippen molar-refractivity contribution in [3.63, 3.8) is 0 Å². The number of nitriles is 1. The van der Waals surface area contributed by atoms with Gasteiger partial charge in [0.2, 0.25) is 5.91 Å². The van der Waals surface area contributed by atoms with Crippen LogP contribution in [-0.4, -0.2) is 15.9 Å². The van der Waals surface area contributed by atoms with Crippen LogP contribution in [0.25, 0.3) is 0 Å². The molecule has 0 radical (unpaired) electrons. The van der Waals surface area contributed by atoms with Crippen molar-refractivity contribution in [2.75, 3.05) is 5.32 Å². The number of rotatable bonds is 4. The average Bonchev–Trinajstić information content (AvgIpc) is 2.90. The summed E-state index contributed by atoms with van der Waals surface area (Å²) in [7, 11) is 0. The fourth-order valence-corrected chi connectivity index (χ4v) is 1.56. The quantitative estimate of drug-likeness (QED) is 0.855. The second-order valence-corrected chi connectivity index (χ2v) is 3.82. The number of nitrogens with zero attached hydrogens (tertiary/aromatic N) is 2. The van der Waals surface area contributed by atoms with Crippen LogP contribution in [0.3, 0.4) is 0 Å². The van der Waals surface area contributed by atoms with Gasteiger partial charge < -0.3 is 10.3 Å². The van der Waals surface area contributed by atoms with E-state index in [1.54, 1.807) is 36.8 Å². The molecule has 0 spiro atoms. The highest BCUT2D eigenvalue weighted by atomic mass is 16.1. The number of carbonyl (C=O) groups is 1. The number of H-pyrrole nitrogens is 1. The lowest BCUT2D eigenvalue weighted by Gasteiger charge is -2.04. The van der Waals surface area contributed by atoms with E-state index in [2.05, 4.69) is 15.3 Å². The SMILES string of the molecule is N#Cc1cccc(NC(=O)CCc2cnc[nH]2)c1. The lowest BCUT2D eigenvalue weighted by Crippen LogP contribution is -2.12. The maximum absolute atomic E-state index is 11.7. The smallest absolute Gasteiger partial charge is 0.224 e. The van der Waals surface area contributed by atoms with Crippen molar-refractivity contribution in [2.45, 2.75) is 12.8 Å². The summed E-state index contributed by atoms with van der Waals surface area (Å²) in [5.41, 5.74) is 2.10. The first kappa shape index (κ1) is 11.9. The molecule has 18 heavy (non-hydrogen) atoms. The Labute approximate surface area is 104 Å². The summed E-state index contributed by atoms with van der Waals surface area (Å²) in [4.78, 5) is 18.5. The highest BCUT2D eigenvalue weighted by Gasteiger charge is 2.04. The van der Waals surface area contributed by atoms with E-state index in [-0.39, 0.29) is 5.91 Å². The summed E-state index contributed by atoms with van der Waals surface area (Å²) in [6.07, 6.45) is 4.27. The minimum absolute atomic E-state index is 0.0836. The third kappa shape index (κ3) is 3.19. The molecular weight excluding hydrogens is 228 g/mol. The fraction of sp³-hybridized carbons (Fsp3) is 0.154. The Kier molecular flexibility index (Phi) is 3.72. The Bertz CT molecular complexity index is 569. The molecule has 0 aliphatic carbocycles. The van der Waals surface area contributed by atoms with Crippen LogP contribution in [-0.2, 0) is 11.2 Å². The Hall–Kier alpha value is -2.61. The van der Waals surface area contributed by atoms with E-state index >= 15 is 0 Å². The average molecular weight is 240 g/mol. The summed E-state index contributed by atoms with van der Waals surface area (Å²) in [6.45, 7) is 0. The second kappa shape index (κ2) is 5.64. The zero-order valence-corrected chi connectivity index (χ0v) is 9.68. The minimum atomic E-state index is -0.0836. The van der Waals surface area contributed by atoms with Crippen LogP contribution in [0.1, 0.15) is 17.7 Å². The van der Waals surface area contributed by atoms with E-state index in [1.165, 1.54) is 0 Å². The van der Waals surface area contributed by atoms with E-state index in [4.69, 9.17) is 5.26 Å². The summed E-state index contributed by atoms with van der Waals surface area (Å²) >= 11 is 0. The van der Waals surface area contributed by atoms with Gasteiger partial charge in [0.15, 0.2) is 0 Å². The zero-order valence-electron chi connectivity index (χ0n) is 9.68. The number of amides is 1. The van der Waals surface area contributed by atoms with Crippen LogP contribution in [0.2, 0.25) is 0 Å². The third-order valence-electron chi connectivity index (χ3n) is 2.45. The van der Waals surface area contributed by atoms with Crippen LogP contribution in [0, 0.1) is 11.3 Å². The summed E-state index contributed by atoms with van der Waals surface area (Å²) in [5, 5.41) is 11.5. The number of aromatic amines is 1. The van der Waals surface area contributed by atoms with Crippen molar-refractivity contribution >= 4 is 11.6 Å². The Balaban J connectivity index is 1.89. The van der Waals surface area contributed by atoms with E-state index in [1.807, 2.05) is 6.07 Å². The molecule has 2 rings (SSSR count). The number of nitrogens with one attached hydrogen (secondary N) is 2. The number of carbonyl (C=O) groups excluding carboxylic acids is 1. The number of aromatic nitrogens is 2. The summed E-state index contributed by atoms with van der Waals surface area (Å²) in [6, 6.07) is 8.87. The second-order valence-electron chi connectivity index (χ2n) is 3.82. The van der Waals surface area contributed by atoms with Gasteiger partial charge >= 0.3 is 0 Å². The Morgan fingerprint density at radius 2 is 2.39 bits per heavy atom. The van der Waals surface area contributed by atoms with Gasteiger partial charge in [-0.05, 0) is 24.6 Å². The molecule has 0 atom stereocenters. The number of hydrogen-bond donors (Lipinski definition) is 2. The van der Waals surface area contributed by atoms with Crippen molar-refractivity contribution in [3.05, 3.63) is 48.0 Å². The fourth-order valence-electron chi connectivity index (χ4n) is 1.56. The molecule has 0 aliphatic heterocycles. The molecule has 5 nitrogen and oxygen atoms in total. The molecule has 5 heteroatoms. The van der Waals surface area contributed by atoms with Crippen LogP contribution >= 0.6 is 0 Å². The first-order valence-corrected chi connectivity index (χ1v) is 5.55. The monoisotopic (exact) mass is 240 g/mol.